The summed E-state index contributed by atoms with van der Waals surface area (Å²) in [5, 5.41) is 2.95. The van der Waals surface area contributed by atoms with Crippen LogP contribution in [0.2, 0.25) is 0 Å². The smallest absolute Gasteiger partial charge is 0.227 e. The molecule has 1 aliphatic rings. The predicted molar refractivity (Wildman–Crippen MR) is 90.4 cm³/mol. The Kier molecular flexibility index (Phi) is 6.02. The average Bonchev–Trinajstić information content (AvgIpc) is 2.54. The molecule has 0 radical (unpaired) electrons. The number of ether oxygens (including phenoxy) is 1. The monoisotopic (exact) mass is 318 g/mol. The Labute approximate surface area is 138 Å². The zero-order valence-electron chi connectivity index (χ0n) is 14.2. The average molecular weight is 318 g/mol. The van der Waals surface area contributed by atoms with Crippen molar-refractivity contribution in [3.8, 4) is 5.75 Å². The van der Waals surface area contributed by atoms with Crippen LogP contribution >= 0.6 is 0 Å². The van der Waals surface area contributed by atoms with Gasteiger partial charge in [-0.2, -0.15) is 0 Å². The second kappa shape index (κ2) is 7.99. The van der Waals surface area contributed by atoms with E-state index in [1.165, 1.54) is 0 Å². The van der Waals surface area contributed by atoms with Crippen LogP contribution in [0.25, 0.3) is 0 Å². The molecule has 0 atom stereocenters. The number of nitrogens with one attached hydrogen (secondary N) is 1. The lowest BCUT2D eigenvalue weighted by Crippen LogP contribution is -2.40. The fourth-order valence-corrected chi connectivity index (χ4v) is 2.60. The number of benzene rings is 1. The van der Waals surface area contributed by atoms with E-state index in [4.69, 9.17) is 4.74 Å². The lowest BCUT2D eigenvalue weighted by molar-refractivity contribution is -0.132. The maximum Gasteiger partial charge on any atom is 0.227 e. The van der Waals surface area contributed by atoms with Crippen molar-refractivity contribution in [3.05, 3.63) is 24.3 Å². The third kappa shape index (κ3) is 5.27. The van der Waals surface area contributed by atoms with E-state index < -0.39 is 0 Å². The number of carbonyl (C=O) groups excluding carboxylic acids is 2. The molecule has 0 bridgehead atoms. The highest BCUT2D eigenvalue weighted by molar-refractivity contribution is 5.92. The van der Waals surface area contributed by atoms with Gasteiger partial charge >= 0.3 is 0 Å². The van der Waals surface area contributed by atoms with E-state index in [9.17, 15) is 9.59 Å². The van der Waals surface area contributed by atoms with Gasteiger partial charge in [-0.1, -0.05) is 13.8 Å². The van der Waals surface area contributed by atoms with Crippen molar-refractivity contribution in [3.63, 3.8) is 0 Å². The van der Waals surface area contributed by atoms with E-state index in [-0.39, 0.29) is 17.7 Å². The molecule has 1 N–H and O–H groups in total. The molecule has 0 aliphatic carbocycles. The number of likely N-dealkylation sites (tertiary alicyclic amines) is 1. The second-order valence-corrected chi connectivity index (χ2v) is 6.50. The normalized spacial score (nSPS) is 15.6. The van der Waals surface area contributed by atoms with E-state index >= 15 is 0 Å². The van der Waals surface area contributed by atoms with Crippen LogP contribution in [-0.4, -0.2) is 36.4 Å². The van der Waals surface area contributed by atoms with Gasteiger partial charge in [-0.3, -0.25) is 9.59 Å². The second-order valence-electron chi connectivity index (χ2n) is 6.50. The number of rotatable bonds is 5. The van der Waals surface area contributed by atoms with Crippen molar-refractivity contribution in [2.45, 2.75) is 33.6 Å². The third-order valence-electron chi connectivity index (χ3n) is 4.02. The summed E-state index contributed by atoms with van der Waals surface area (Å²) in [7, 11) is 0. The highest BCUT2D eigenvalue weighted by atomic mass is 16.5. The molecule has 0 unspecified atom stereocenters. The Hall–Kier alpha value is -2.04. The molecule has 0 spiro atoms. The molecule has 0 saturated carbocycles. The number of anilines is 1. The van der Waals surface area contributed by atoms with Gasteiger partial charge in [-0.05, 0) is 43.0 Å². The van der Waals surface area contributed by atoms with Crippen molar-refractivity contribution in [1.82, 2.24) is 4.90 Å². The first-order valence-corrected chi connectivity index (χ1v) is 8.25. The zero-order chi connectivity index (χ0) is 16.8. The number of nitrogens with zero attached hydrogens (tertiary/aromatic N) is 1. The minimum Gasteiger partial charge on any atom is -0.493 e. The number of carbonyl (C=O) groups is 2. The first-order valence-electron chi connectivity index (χ1n) is 8.25. The van der Waals surface area contributed by atoms with Crippen molar-refractivity contribution in [1.29, 1.82) is 0 Å². The van der Waals surface area contributed by atoms with E-state index in [0.717, 1.165) is 24.3 Å². The molecule has 1 heterocycles. The fraction of sp³-hybridized carbons (Fsp3) is 0.556. The Bertz CT molecular complexity index is 532. The lowest BCUT2D eigenvalue weighted by atomic mass is 9.96. The molecule has 1 fully saturated rings. The summed E-state index contributed by atoms with van der Waals surface area (Å²) in [6, 6.07) is 7.46. The molecule has 1 saturated heterocycles. The van der Waals surface area contributed by atoms with Gasteiger partial charge < -0.3 is 15.0 Å². The number of piperidine rings is 1. The van der Waals surface area contributed by atoms with Crippen molar-refractivity contribution in [2.75, 3.05) is 25.0 Å². The summed E-state index contributed by atoms with van der Waals surface area (Å²) in [6.07, 6.45) is 1.45. The Morgan fingerprint density at radius 1 is 1.22 bits per heavy atom. The van der Waals surface area contributed by atoms with E-state index in [0.29, 0.717) is 25.6 Å². The highest BCUT2D eigenvalue weighted by Gasteiger charge is 2.25. The molecule has 1 aromatic rings. The van der Waals surface area contributed by atoms with E-state index in [1.54, 1.807) is 11.8 Å². The van der Waals surface area contributed by atoms with Gasteiger partial charge in [-0.15, -0.1) is 0 Å². The summed E-state index contributed by atoms with van der Waals surface area (Å²) in [4.78, 5) is 25.4. The van der Waals surface area contributed by atoms with Gasteiger partial charge in [0.25, 0.3) is 0 Å². The van der Waals surface area contributed by atoms with Gasteiger partial charge in [-0.25, -0.2) is 0 Å². The highest BCUT2D eigenvalue weighted by Crippen LogP contribution is 2.21. The van der Waals surface area contributed by atoms with Gasteiger partial charge in [0, 0.05) is 31.6 Å². The molecule has 23 heavy (non-hydrogen) atoms. The Morgan fingerprint density at radius 2 is 1.83 bits per heavy atom. The number of amides is 2. The molecule has 5 nitrogen and oxygen atoms in total. The quantitative estimate of drug-likeness (QED) is 0.908. The summed E-state index contributed by atoms with van der Waals surface area (Å²) in [5.41, 5.74) is 0.779. The van der Waals surface area contributed by atoms with Crippen LogP contribution in [0.4, 0.5) is 5.69 Å². The molecule has 0 aromatic heterocycles. The summed E-state index contributed by atoms with van der Waals surface area (Å²) in [6.45, 7) is 7.78. The van der Waals surface area contributed by atoms with Gasteiger partial charge in [0.05, 0.1) is 6.61 Å². The molecular weight excluding hydrogens is 292 g/mol. The van der Waals surface area contributed by atoms with Crippen LogP contribution in [0.1, 0.15) is 33.6 Å². The minimum atomic E-state index is -0.0255. The molecular formula is C18H26N2O3. The standard InChI is InChI=1S/C18H26N2O3/c1-13(2)12-23-17-6-4-16(5-7-17)19-18(22)15-8-10-20(11-9-15)14(3)21/h4-7,13,15H,8-12H2,1-3H3,(H,19,22). The Balaban J connectivity index is 1.82. The lowest BCUT2D eigenvalue weighted by Gasteiger charge is -2.30. The van der Waals surface area contributed by atoms with E-state index in [1.807, 2.05) is 24.3 Å². The topological polar surface area (TPSA) is 58.6 Å². The first kappa shape index (κ1) is 17.3. The number of hydrogen-bond acceptors (Lipinski definition) is 3. The molecule has 2 amide bonds. The summed E-state index contributed by atoms with van der Waals surface area (Å²) in [5.74, 6) is 1.38. The summed E-state index contributed by atoms with van der Waals surface area (Å²) < 4.78 is 5.63. The molecule has 1 aromatic carbocycles. The zero-order valence-corrected chi connectivity index (χ0v) is 14.2. The minimum absolute atomic E-state index is 0.0255. The van der Waals surface area contributed by atoms with Crippen LogP contribution in [0.5, 0.6) is 5.75 Å². The van der Waals surface area contributed by atoms with Crippen molar-refractivity contribution >= 4 is 17.5 Å². The molecule has 1 aliphatic heterocycles. The van der Waals surface area contributed by atoms with Crippen LogP contribution < -0.4 is 10.1 Å². The van der Waals surface area contributed by atoms with Crippen LogP contribution in [0.3, 0.4) is 0 Å². The summed E-state index contributed by atoms with van der Waals surface area (Å²) >= 11 is 0. The van der Waals surface area contributed by atoms with Crippen LogP contribution in [-0.2, 0) is 9.59 Å². The maximum absolute atomic E-state index is 12.3. The van der Waals surface area contributed by atoms with E-state index in [2.05, 4.69) is 19.2 Å². The predicted octanol–water partition coefficient (Wildman–Crippen LogP) is 2.92. The number of hydrogen-bond donors (Lipinski definition) is 1. The largest absolute Gasteiger partial charge is 0.493 e. The van der Waals surface area contributed by atoms with Crippen molar-refractivity contribution < 1.29 is 14.3 Å². The SMILES string of the molecule is CC(=O)N1CCC(C(=O)Nc2ccc(OCC(C)C)cc2)CC1. The molecule has 5 heteroatoms. The van der Waals surface area contributed by atoms with Crippen LogP contribution in [0, 0.1) is 11.8 Å². The third-order valence-corrected chi connectivity index (χ3v) is 4.02. The molecule has 126 valence electrons. The van der Waals surface area contributed by atoms with Gasteiger partial charge in [0.2, 0.25) is 11.8 Å². The van der Waals surface area contributed by atoms with Crippen molar-refractivity contribution in [2.24, 2.45) is 11.8 Å². The maximum atomic E-state index is 12.3. The van der Waals surface area contributed by atoms with Gasteiger partial charge in [0.1, 0.15) is 5.75 Å². The first-order chi connectivity index (χ1) is 11.0. The molecule has 2 rings (SSSR count). The van der Waals surface area contributed by atoms with Crippen LogP contribution in [0.15, 0.2) is 24.3 Å². The van der Waals surface area contributed by atoms with Gasteiger partial charge in [0.15, 0.2) is 0 Å². The fourth-order valence-electron chi connectivity index (χ4n) is 2.60. The Morgan fingerprint density at radius 3 is 2.35 bits per heavy atom.